The molecule has 0 spiro atoms. The van der Waals surface area contributed by atoms with Crippen LogP contribution in [-0.4, -0.2) is 5.54 Å². The van der Waals surface area contributed by atoms with Crippen LogP contribution in [0.15, 0.2) is 133 Å². The lowest BCUT2D eigenvalue weighted by atomic mass is 9.59. The first-order chi connectivity index (χ1) is 33.3. The summed E-state index contributed by atoms with van der Waals surface area (Å²) in [6, 6.07) is 52.9. The molecule has 0 radical (unpaired) electrons. The van der Waals surface area contributed by atoms with E-state index in [2.05, 4.69) is 231 Å². The van der Waals surface area contributed by atoms with Gasteiger partial charge in [0.25, 0.3) is 0 Å². The van der Waals surface area contributed by atoms with Gasteiger partial charge in [-0.25, -0.2) is 0 Å². The molecule has 0 saturated heterocycles. The van der Waals surface area contributed by atoms with Crippen molar-refractivity contribution in [3.63, 3.8) is 0 Å². The first kappa shape index (κ1) is 43.9. The predicted molar refractivity (Wildman–Crippen MR) is 295 cm³/mol. The molecule has 7 aromatic rings. The van der Waals surface area contributed by atoms with Crippen molar-refractivity contribution in [3.05, 3.63) is 195 Å². The molecule has 5 atom stereocenters. The SMILES string of the molecule is Cc1cc(C)c2c3c1C1c4ccc(C(C)(C)C)cc4N(c4ccc(C(C)(C)C)cc4-c4ccccc4)c4cc(N5c6ccccc6C6(C)CCc7ccccc7C56C)cc(c41)N3C1(C)CCCCC21C. The number of fused-ring (bicyclic) bond motifs is 12. The minimum Gasteiger partial charge on any atom is -0.334 e. The molecular formula is C67H71N3. The highest BCUT2D eigenvalue weighted by Crippen LogP contribution is 2.72. The van der Waals surface area contributed by atoms with E-state index in [4.69, 9.17) is 0 Å². The molecule has 354 valence electrons. The molecule has 13 rings (SSSR count). The number of para-hydroxylation sites is 1. The summed E-state index contributed by atoms with van der Waals surface area (Å²) in [7, 11) is 0. The zero-order valence-corrected chi connectivity index (χ0v) is 43.9. The molecule has 6 aliphatic rings. The van der Waals surface area contributed by atoms with Crippen molar-refractivity contribution in [2.75, 3.05) is 14.7 Å². The fourth-order valence-corrected chi connectivity index (χ4v) is 15.6. The Morgan fingerprint density at radius 3 is 1.93 bits per heavy atom. The summed E-state index contributed by atoms with van der Waals surface area (Å²) < 4.78 is 0. The summed E-state index contributed by atoms with van der Waals surface area (Å²) in [5.74, 6) is 0.0634. The van der Waals surface area contributed by atoms with E-state index >= 15 is 0 Å². The molecule has 2 aliphatic carbocycles. The third kappa shape index (κ3) is 5.48. The maximum absolute atomic E-state index is 2.96. The van der Waals surface area contributed by atoms with E-state index < -0.39 is 0 Å². The van der Waals surface area contributed by atoms with Gasteiger partial charge in [0.2, 0.25) is 0 Å². The van der Waals surface area contributed by atoms with Crippen molar-refractivity contribution in [1.82, 2.24) is 0 Å². The summed E-state index contributed by atoms with van der Waals surface area (Å²) in [6.07, 6.45) is 7.06. The van der Waals surface area contributed by atoms with E-state index in [9.17, 15) is 0 Å². The first-order valence-electron chi connectivity index (χ1n) is 26.6. The molecule has 0 bridgehead atoms. The Kier molecular flexibility index (Phi) is 8.97. The van der Waals surface area contributed by atoms with Crippen LogP contribution < -0.4 is 14.7 Å². The van der Waals surface area contributed by atoms with E-state index in [0.29, 0.717) is 0 Å². The molecule has 0 N–H and O–H groups in total. The van der Waals surface area contributed by atoms with E-state index in [1.807, 2.05) is 0 Å². The second-order valence-corrected chi connectivity index (χ2v) is 25.2. The van der Waals surface area contributed by atoms with E-state index in [-0.39, 0.29) is 38.7 Å². The highest BCUT2D eigenvalue weighted by atomic mass is 15.3. The van der Waals surface area contributed by atoms with Crippen LogP contribution in [0.1, 0.15) is 168 Å². The molecule has 7 aromatic carbocycles. The topological polar surface area (TPSA) is 9.72 Å². The monoisotopic (exact) mass is 918 g/mol. The van der Waals surface area contributed by atoms with Crippen LogP contribution in [0.4, 0.5) is 39.8 Å². The summed E-state index contributed by atoms with van der Waals surface area (Å²) in [5, 5.41) is 0. The summed E-state index contributed by atoms with van der Waals surface area (Å²) in [6.45, 7) is 29.5. The van der Waals surface area contributed by atoms with Crippen LogP contribution in [0.2, 0.25) is 0 Å². The number of hydrogen-bond acceptors (Lipinski definition) is 3. The second kappa shape index (κ2) is 14.3. The van der Waals surface area contributed by atoms with Gasteiger partial charge in [0.15, 0.2) is 0 Å². The van der Waals surface area contributed by atoms with Crippen LogP contribution in [0, 0.1) is 13.8 Å². The minimum atomic E-state index is -0.342. The molecule has 70 heavy (non-hydrogen) atoms. The van der Waals surface area contributed by atoms with Crippen molar-refractivity contribution in [2.24, 2.45) is 0 Å². The van der Waals surface area contributed by atoms with E-state index in [1.165, 1.54) is 126 Å². The fourth-order valence-electron chi connectivity index (χ4n) is 15.6. The van der Waals surface area contributed by atoms with Crippen molar-refractivity contribution in [2.45, 2.75) is 160 Å². The smallest absolute Gasteiger partial charge is 0.0771 e. The van der Waals surface area contributed by atoms with Gasteiger partial charge in [-0.2, -0.15) is 0 Å². The van der Waals surface area contributed by atoms with Gasteiger partial charge < -0.3 is 14.7 Å². The molecular weight excluding hydrogens is 847 g/mol. The van der Waals surface area contributed by atoms with Crippen molar-refractivity contribution in [1.29, 1.82) is 0 Å². The second-order valence-electron chi connectivity index (χ2n) is 25.2. The number of nitrogens with zero attached hydrogens (tertiary/aromatic N) is 3. The van der Waals surface area contributed by atoms with Gasteiger partial charge in [-0.3, -0.25) is 0 Å². The zero-order chi connectivity index (χ0) is 48.7. The standard InChI is InChI=1S/C67H71N3/c1-41-36-42(2)60-61-57(41)58-48-30-28-46(63(6,7)8)38-54(48)68(52-31-29-45(62(3,4)5)37-49(52)43-22-14-13-15-23-43)55-39-47(40-56(59(55)58)70(61)66(11)34-21-20-33-65(60,66)10)69-53-27-19-18-26-51(53)64(9)35-32-44-24-16-17-25-50(44)67(64,69)12/h13-19,22-31,36-40,58H,20-21,32-35H2,1-12H3. The third-order valence-corrected chi connectivity index (χ3v) is 19.6. The summed E-state index contributed by atoms with van der Waals surface area (Å²) >= 11 is 0. The van der Waals surface area contributed by atoms with Gasteiger partial charge in [-0.05, 0) is 162 Å². The molecule has 5 unspecified atom stereocenters. The number of benzene rings is 7. The first-order valence-corrected chi connectivity index (χ1v) is 26.6. The molecule has 0 amide bonds. The van der Waals surface area contributed by atoms with Gasteiger partial charge in [-0.1, -0.05) is 165 Å². The molecule has 3 heteroatoms. The quantitative estimate of drug-likeness (QED) is 0.175. The van der Waals surface area contributed by atoms with Crippen LogP contribution in [0.5, 0.6) is 0 Å². The van der Waals surface area contributed by atoms with Gasteiger partial charge in [0, 0.05) is 39.2 Å². The zero-order valence-electron chi connectivity index (χ0n) is 43.9. The Labute approximate surface area is 418 Å². The van der Waals surface area contributed by atoms with Crippen molar-refractivity contribution >= 4 is 39.8 Å². The van der Waals surface area contributed by atoms with E-state index in [0.717, 1.165) is 19.3 Å². The Morgan fingerprint density at radius 2 is 1.17 bits per heavy atom. The minimum absolute atomic E-state index is 0.00151. The molecule has 4 aliphatic heterocycles. The van der Waals surface area contributed by atoms with E-state index in [1.54, 1.807) is 5.56 Å². The summed E-state index contributed by atoms with van der Waals surface area (Å²) in [4.78, 5) is 8.52. The molecule has 1 saturated carbocycles. The number of anilines is 7. The van der Waals surface area contributed by atoms with Crippen LogP contribution >= 0.6 is 0 Å². The van der Waals surface area contributed by atoms with Gasteiger partial charge >= 0.3 is 0 Å². The average Bonchev–Trinajstić information content (AvgIpc) is 3.69. The van der Waals surface area contributed by atoms with Crippen molar-refractivity contribution in [3.8, 4) is 11.1 Å². The van der Waals surface area contributed by atoms with Gasteiger partial charge in [0.05, 0.1) is 39.5 Å². The third-order valence-electron chi connectivity index (χ3n) is 19.6. The normalized spacial score (nSPS) is 25.7. The fraction of sp³-hybridized carbons (Fsp3) is 0.373. The summed E-state index contributed by atoms with van der Waals surface area (Å²) in [5.41, 5.74) is 27.1. The molecule has 0 aromatic heterocycles. The predicted octanol–water partition coefficient (Wildman–Crippen LogP) is 17.9. The molecule has 4 heterocycles. The van der Waals surface area contributed by atoms with Gasteiger partial charge in [0.1, 0.15) is 0 Å². The number of rotatable bonds is 3. The highest BCUT2D eigenvalue weighted by Gasteiger charge is 2.63. The molecule has 1 fully saturated rings. The Hall–Kier alpha value is -6.06. The average molecular weight is 918 g/mol. The maximum atomic E-state index is 2.96. The largest absolute Gasteiger partial charge is 0.334 e. The number of aryl methyl sites for hydroxylation is 3. The lowest BCUT2D eigenvalue weighted by Gasteiger charge is -2.54. The van der Waals surface area contributed by atoms with Crippen molar-refractivity contribution < 1.29 is 0 Å². The number of hydrogen-bond donors (Lipinski definition) is 0. The maximum Gasteiger partial charge on any atom is 0.0771 e. The van der Waals surface area contributed by atoms with Crippen LogP contribution in [0.25, 0.3) is 11.1 Å². The Bertz CT molecular complexity index is 3360. The van der Waals surface area contributed by atoms with Crippen LogP contribution in [-0.2, 0) is 33.6 Å². The highest BCUT2D eigenvalue weighted by molar-refractivity contribution is 6.02. The lowest BCUT2D eigenvalue weighted by molar-refractivity contribution is 0.194. The Morgan fingerprint density at radius 1 is 0.514 bits per heavy atom. The Balaban J connectivity index is 1.21. The van der Waals surface area contributed by atoms with Crippen LogP contribution in [0.3, 0.4) is 0 Å². The lowest BCUT2D eigenvalue weighted by Crippen LogP contribution is -2.55. The molecule has 3 nitrogen and oxygen atoms in total. The van der Waals surface area contributed by atoms with Gasteiger partial charge in [-0.15, -0.1) is 0 Å².